The summed E-state index contributed by atoms with van der Waals surface area (Å²) in [5, 5.41) is 3.70. The molecule has 0 unspecified atom stereocenters. The maximum Gasteiger partial charge on any atom is 0.246 e. The van der Waals surface area contributed by atoms with Crippen LogP contribution >= 0.6 is 0 Å². The van der Waals surface area contributed by atoms with E-state index in [4.69, 9.17) is 4.52 Å². The third-order valence-electron chi connectivity index (χ3n) is 4.63. The second-order valence-electron chi connectivity index (χ2n) is 5.94. The highest BCUT2D eigenvalue weighted by Crippen LogP contribution is 2.46. The molecule has 0 N–H and O–H groups in total. The van der Waals surface area contributed by atoms with Crippen molar-refractivity contribution in [1.29, 1.82) is 0 Å². The molecule has 0 bridgehead atoms. The average molecular weight is 297 g/mol. The smallest absolute Gasteiger partial charge is 0.246 e. The van der Waals surface area contributed by atoms with Crippen LogP contribution < -0.4 is 0 Å². The molecule has 1 saturated heterocycles. The van der Waals surface area contributed by atoms with Crippen LogP contribution in [0.25, 0.3) is 0 Å². The maximum atomic E-state index is 12.9. The van der Waals surface area contributed by atoms with Gasteiger partial charge in [0.15, 0.2) is 5.82 Å². The molecule has 0 radical (unpaired) electrons. The molecule has 1 aromatic heterocycles. The van der Waals surface area contributed by atoms with Gasteiger partial charge in [0.1, 0.15) is 6.54 Å². The van der Waals surface area contributed by atoms with E-state index in [1.165, 1.54) is 10.5 Å². The van der Waals surface area contributed by atoms with E-state index in [1.54, 1.807) is 6.92 Å². The summed E-state index contributed by atoms with van der Waals surface area (Å²) in [6, 6.07) is 7.89. The van der Waals surface area contributed by atoms with Crippen molar-refractivity contribution in [3.63, 3.8) is 0 Å². The molecule has 1 aromatic carbocycles. The van der Waals surface area contributed by atoms with Gasteiger partial charge in [-0.05, 0) is 30.9 Å². The van der Waals surface area contributed by atoms with E-state index in [0.29, 0.717) is 18.1 Å². The Morgan fingerprint density at radius 1 is 1.32 bits per heavy atom. The van der Waals surface area contributed by atoms with Gasteiger partial charge in [0.2, 0.25) is 17.7 Å². The number of hydrogen-bond donors (Lipinski definition) is 0. The van der Waals surface area contributed by atoms with Crippen molar-refractivity contribution in [3.8, 4) is 0 Å². The second kappa shape index (κ2) is 4.50. The van der Waals surface area contributed by atoms with Crippen molar-refractivity contribution in [2.24, 2.45) is 0 Å². The Balaban J connectivity index is 1.68. The van der Waals surface area contributed by atoms with Gasteiger partial charge in [0, 0.05) is 6.42 Å². The van der Waals surface area contributed by atoms with Crippen LogP contribution in [0, 0.1) is 6.92 Å². The first-order valence-electron chi connectivity index (χ1n) is 7.32. The zero-order valence-corrected chi connectivity index (χ0v) is 12.2. The highest BCUT2D eigenvalue weighted by molar-refractivity contribution is 6.09. The number of imide groups is 1. The number of carbonyl (C=O) groups is 2. The van der Waals surface area contributed by atoms with Gasteiger partial charge in [-0.2, -0.15) is 4.98 Å². The van der Waals surface area contributed by atoms with Crippen LogP contribution in [-0.4, -0.2) is 26.9 Å². The summed E-state index contributed by atoms with van der Waals surface area (Å²) in [5.41, 5.74) is 1.47. The molecule has 6 nitrogen and oxygen atoms in total. The maximum absolute atomic E-state index is 12.9. The summed E-state index contributed by atoms with van der Waals surface area (Å²) in [4.78, 5) is 30.6. The Kier molecular flexibility index (Phi) is 2.69. The molecule has 1 aliphatic heterocycles. The van der Waals surface area contributed by atoms with Crippen LogP contribution in [-0.2, 0) is 28.0 Å². The second-order valence-corrected chi connectivity index (χ2v) is 5.94. The van der Waals surface area contributed by atoms with Crippen LogP contribution in [0.15, 0.2) is 28.8 Å². The number of aryl methyl sites for hydroxylation is 2. The predicted molar refractivity (Wildman–Crippen MR) is 75.7 cm³/mol. The lowest BCUT2D eigenvalue weighted by atomic mass is 9.80. The largest absolute Gasteiger partial charge is 0.337 e. The van der Waals surface area contributed by atoms with Gasteiger partial charge in [-0.25, -0.2) is 0 Å². The number of rotatable bonds is 2. The minimum Gasteiger partial charge on any atom is -0.337 e. The highest BCUT2D eigenvalue weighted by Gasteiger charge is 2.55. The third kappa shape index (κ3) is 1.73. The molecule has 2 amide bonds. The number of amides is 2. The zero-order chi connectivity index (χ0) is 15.3. The van der Waals surface area contributed by atoms with Crippen molar-refractivity contribution >= 4 is 11.8 Å². The lowest BCUT2D eigenvalue weighted by Gasteiger charge is -2.22. The van der Waals surface area contributed by atoms with Crippen LogP contribution in [0.5, 0.6) is 0 Å². The molecule has 1 spiro atoms. The normalized spacial score (nSPS) is 23.6. The number of aromatic nitrogens is 2. The molecule has 0 saturated carbocycles. The standard InChI is InChI=1S/C16H15N3O3/c1-10-17-13(22-18-10)9-19-14(20)8-16(15(19)21)7-6-11-4-2-3-5-12(11)16/h2-5H,6-9H2,1H3/t16-/m1/s1. The lowest BCUT2D eigenvalue weighted by molar-refractivity contribution is -0.141. The van der Waals surface area contributed by atoms with Crippen molar-refractivity contribution in [3.05, 3.63) is 47.1 Å². The topological polar surface area (TPSA) is 76.3 Å². The molecule has 2 aromatic rings. The van der Waals surface area contributed by atoms with Gasteiger partial charge in [0.05, 0.1) is 5.41 Å². The van der Waals surface area contributed by atoms with E-state index in [9.17, 15) is 9.59 Å². The van der Waals surface area contributed by atoms with Crippen LogP contribution in [0.2, 0.25) is 0 Å². The van der Waals surface area contributed by atoms with Crippen LogP contribution in [0.3, 0.4) is 0 Å². The fourth-order valence-corrected chi connectivity index (χ4v) is 3.59. The molecule has 4 rings (SSSR count). The fourth-order valence-electron chi connectivity index (χ4n) is 3.59. The molecule has 2 aliphatic rings. The molecule has 22 heavy (non-hydrogen) atoms. The Labute approximate surface area is 127 Å². The van der Waals surface area contributed by atoms with E-state index in [2.05, 4.69) is 10.1 Å². The fraction of sp³-hybridized carbons (Fsp3) is 0.375. The minimum absolute atomic E-state index is 0.0580. The number of carbonyl (C=O) groups excluding carboxylic acids is 2. The molecular weight excluding hydrogens is 282 g/mol. The number of benzene rings is 1. The zero-order valence-electron chi connectivity index (χ0n) is 12.2. The molecule has 2 heterocycles. The first kappa shape index (κ1) is 13.2. The van der Waals surface area contributed by atoms with Gasteiger partial charge in [0.25, 0.3) is 0 Å². The van der Waals surface area contributed by atoms with Crippen LogP contribution in [0.4, 0.5) is 0 Å². The minimum atomic E-state index is -0.692. The summed E-state index contributed by atoms with van der Waals surface area (Å²) >= 11 is 0. The Morgan fingerprint density at radius 3 is 2.91 bits per heavy atom. The number of likely N-dealkylation sites (tertiary alicyclic amines) is 1. The predicted octanol–water partition coefficient (Wildman–Crippen LogP) is 1.52. The molecular formula is C16H15N3O3. The SMILES string of the molecule is Cc1noc(CN2C(=O)C[C@@]3(CCc4ccccc43)C2=O)n1. The molecule has 6 heteroatoms. The van der Waals surface area contributed by atoms with Crippen molar-refractivity contribution < 1.29 is 14.1 Å². The monoisotopic (exact) mass is 297 g/mol. The molecule has 1 aliphatic carbocycles. The van der Waals surface area contributed by atoms with E-state index in [1.807, 2.05) is 24.3 Å². The summed E-state index contributed by atoms with van der Waals surface area (Å²) in [5.74, 6) is 0.480. The number of nitrogens with zero attached hydrogens (tertiary/aromatic N) is 3. The molecule has 1 atom stereocenters. The molecule has 112 valence electrons. The van der Waals surface area contributed by atoms with Gasteiger partial charge >= 0.3 is 0 Å². The lowest BCUT2D eigenvalue weighted by Crippen LogP contribution is -2.36. The number of hydrogen-bond acceptors (Lipinski definition) is 5. The summed E-state index contributed by atoms with van der Waals surface area (Å²) < 4.78 is 5.04. The Hall–Kier alpha value is -2.50. The van der Waals surface area contributed by atoms with Gasteiger partial charge < -0.3 is 4.52 Å². The van der Waals surface area contributed by atoms with Gasteiger partial charge in [-0.1, -0.05) is 29.4 Å². The van der Waals surface area contributed by atoms with Crippen molar-refractivity contribution in [1.82, 2.24) is 15.0 Å². The summed E-state index contributed by atoms with van der Waals surface area (Å²) in [6.45, 7) is 1.76. The van der Waals surface area contributed by atoms with Gasteiger partial charge in [-0.3, -0.25) is 14.5 Å². The first-order valence-corrected chi connectivity index (χ1v) is 7.32. The van der Waals surface area contributed by atoms with E-state index in [-0.39, 0.29) is 24.8 Å². The highest BCUT2D eigenvalue weighted by atomic mass is 16.5. The summed E-state index contributed by atoms with van der Waals surface area (Å²) in [7, 11) is 0. The van der Waals surface area contributed by atoms with Crippen molar-refractivity contribution in [2.45, 2.75) is 38.1 Å². The van der Waals surface area contributed by atoms with E-state index < -0.39 is 5.41 Å². The van der Waals surface area contributed by atoms with E-state index in [0.717, 1.165) is 12.0 Å². The third-order valence-corrected chi connectivity index (χ3v) is 4.63. The van der Waals surface area contributed by atoms with Crippen molar-refractivity contribution in [2.75, 3.05) is 0 Å². The van der Waals surface area contributed by atoms with Crippen LogP contribution in [0.1, 0.15) is 35.7 Å². The molecule has 1 fully saturated rings. The van der Waals surface area contributed by atoms with E-state index >= 15 is 0 Å². The van der Waals surface area contributed by atoms with Gasteiger partial charge in [-0.15, -0.1) is 0 Å². The summed E-state index contributed by atoms with van der Waals surface area (Å²) in [6.07, 6.45) is 1.76. The quantitative estimate of drug-likeness (QED) is 0.786. The Bertz CT molecular complexity index is 782. The number of fused-ring (bicyclic) bond motifs is 2. The Morgan fingerprint density at radius 2 is 2.14 bits per heavy atom. The first-order chi connectivity index (χ1) is 10.6. The average Bonchev–Trinajstić information content (AvgIpc) is 3.15.